The van der Waals surface area contributed by atoms with E-state index in [1.54, 1.807) is 7.11 Å². The fourth-order valence-corrected chi connectivity index (χ4v) is 3.97. The van der Waals surface area contributed by atoms with Gasteiger partial charge in [0.25, 0.3) is 0 Å². The summed E-state index contributed by atoms with van der Waals surface area (Å²) in [5.41, 5.74) is 11.1. The van der Waals surface area contributed by atoms with Crippen LogP contribution in [0.3, 0.4) is 0 Å². The summed E-state index contributed by atoms with van der Waals surface area (Å²) >= 11 is 0. The highest BCUT2D eigenvalue weighted by Crippen LogP contribution is 2.35. The standard InChI is InChI=1S/C22H29N3O2/c1-14-6-5-9-25(13-14)20-8-7-17(22(23)26)12-19(20)24-18-10-15(2)21(27-4)16(3)11-18/h7-8,10-12,14,24H,5-6,9,13H2,1-4H3,(H2,23,26). The summed E-state index contributed by atoms with van der Waals surface area (Å²) in [6, 6.07) is 9.79. The average Bonchev–Trinajstić information content (AvgIpc) is 2.61. The molecule has 0 saturated carbocycles. The number of hydrogen-bond acceptors (Lipinski definition) is 4. The van der Waals surface area contributed by atoms with E-state index in [1.165, 1.54) is 12.8 Å². The molecule has 1 atom stereocenters. The van der Waals surface area contributed by atoms with E-state index in [9.17, 15) is 4.79 Å². The highest BCUT2D eigenvalue weighted by Gasteiger charge is 2.20. The molecule has 1 aliphatic heterocycles. The molecule has 5 nitrogen and oxygen atoms in total. The van der Waals surface area contributed by atoms with Gasteiger partial charge in [0, 0.05) is 24.3 Å². The van der Waals surface area contributed by atoms with Crippen molar-refractivity contribution in [1.29, 1.82) is 0 Å². The van der Waals surface area contributed by atoms with Crippen molar-refractivity contribution in [1.82, 2.24) is 0 Å². The Balaban J connectivity index is 1.99. The number of hydrogen-bond donors (Lipinski definition) is 2. The predicted octanol–water partition coefficient (Wildman–Crippen LogP) is 4.39. The largest absolute Gasteiger partial charge is 0.496 e. The van der Waals surface area contributed by atoms with Crippen LogP contribution in [0.1, 0.15) is 41.3 Å². The first kappa shape index (κ1) is 19.1. The van der Waals surface area contributed by atoms with Crippen molar-refractivity contribution in [3.63, 3.8) is 0 Å². The Hall–Kier alpha value is -2.69. The minimum Gasteiger partial charge on any atom is -0.496 e. The number of ether oxygens (including phenoxy) is 1. The van der Waals surface area contributed by atoms with Crippen molar-refractivity contribution in [2.75, 3.05) is 30.4 Å². The highest BCUT2D eigenvalue weighted by atomic mass is 16.5. The number of carbonyl (C=O) groups excluding carboxylic acids is 1. The zero-order chi connectivity index (χ0) is 19.6. The van der Waals surface area contributed by atoms with Gasteiger partial charge < -0.3 is 20.7 Å². The number of rotatable bonds is 5. The van der Waals surface area contributed by atoms with Crippen molar-refractivity contribution in [3.8, 4) is 5.75 Å². The minimum atomic E-state index is -0.418. The Morgan fingerprint density at radius 1 is 1.22 bits per heavy atom. The third kappa shape index (κ3) is 4.18. The van der Waals surface area contributed by atoms with Crippen LogP contribution in [0.2, 0.25) is 0 Å². The summed E-state index contributed by atoms with van der Waals surface area (Å²) in [6.07, 6.45) is 2.44. The van der Waals surface area contributed by atoms with E-state index in [0.717, 1.165) is 47.0 Å². The van der Waals surface area contributed by atoms with Gasteiger partial charge >= 0.3 is 0 Å². The van der Waals surface area contributed by atoms with Crippen LogP contribution in [0, 0.1) is 19.8 Å². The topological polar surface area (TPSA) is 67.6 Å². The second-order valence-electron chi connectivity index (χ2n) is 7.56. The van der Waals surface area contributed by atoms with E-state index < -0.39 is 5.91 Å². The molecule has 2 aromatic rings. The number of anilines is 3. The molecular weight excluding hydrogens is 338 g/mol. The van der Waals surface area contributed by atoms with Crippen LogP contribution in [0.25, 0.3) is 0 Å². The number of primary amides is 1. The quantitative estimate of drug-likeness (QED) is 0.822. The molecule has 3 rings (SSSR count). The molecule has 0 aliphatic carbocycles. The van der Waals surface area contributed by atoms with E-state index in [2.05, 4.69) is 29.3 Å². The summed E-state index contributed by atoms with van der Waals surface area (Å²) in [5, 5.41) is 3.51. The van der Waals surface area contributed by atoms with Gasteiger partial charge in [0.05, 0.1) is 18.5 Å². The van der Waals surface area contributed by atoms with Crippen LogP contribution < -0.4 is 20.7 Å². The van der Waals surface area contributed by atoms with Crippen LogP contribution in [-0.2, 0) is 0 Å². The van der Waals surface area contributed by atoms with Crippen molar-refractivity contribution >= 4 is 23.0 Å². The number of methoxy groups -OCH3 is 1. The summed E-state index contributed by atoms with van der Waals surface area (Å²) < 4.78 is 5.47. The molecule has 5 heteroatoms. The first-order valence-corrected chi connectivity index (χ1v) is 9.50. The van der Waals surface area contributed by atoms with Gasteiger partial charge in [0.1, 0.15) is 5.75 Å². The Bertz CT molecular complexity index is 824. The molecule has 0 radical (unpaired) electrons. The van der Waals surface area contributed by atoms with Crippen LogP contribution in [0.15, 0.2) is 30.3 Å². The highest BCUT2D eigenvalue weighted by molar-refractivity contribution is 5.95. The molecule has 1 aliphatic rings. The molecule has 0 spiro atoms. The molecule has 27 heavy (non-hydrogen) atoms. The average molecular weight is 367 g/mol. The van der Waals surface area contributed by atoms with Crippen molar-refractivity contribution in [2.45, 2.75) is 33.6 Å². The van der Waals surface area contributed by atoms with E-state index in [1.807, 2.05) is 32.0 Å². The van der Waals surface area contributed by atoms with Gasteiger partial charge in [-0.15, -0.1) is 0 Å². The summed E-state index contributed by atoms with van der Waals surface area (Å²) in [5.74, 6) is 1.14. The summed E-state index contributed by atoms with van der Waals surface area (Å²) in [4.78, 5) is 14.1. The Kier molecular flexibility index (Phi) is 5.59. The fraction of sp³-hybridized carbons (Fsp3) is 0.409. The van der Waals surface area contributed by atoms with Crippen LogP contribution in [-0.4, -0.2) is 26.1 Å². The van der Waals surface area contributed by atoms with Gasteiger partial charge in [-0.1, -0.05) is 6.92 Å². The number of piperidine rings is 1. The molecule has 144 valence electrons. The van der Waals surface area contributed by atoms with E-state index in [0.29, 0.717) is 11.5 Å². The maximum atomic E-state index is 11.7. The molecule has 0 bridgehead atoms. The molecule has 1 saturated heterocycles. The molecule has 1 fully saturated rings. The Morgan fingerprint density at radius 3 is 2.52 bits per heavy atom. The second kappa shape index (κ2) is 7.91. The molecule has 1 heterocycles. The van der Waals surface area contributed by atoms with E-state index in [4.69, 9.17) is 10.5 Å². The fourth-order valence-electron chi connectivity index (χ4n) is 3.97. The molecular formula is C22H29N3O2. The third-order valence-corrected chi connectivity index (χ3v) is 5.22. The van der Waals surface area contributed by atoms with Crippen molar-refractivity contribution in [3.05, 3.63) is 47.0 Å². The SMILES string of the molecule is COc1c(C)cc(Nc2cc(C(N)=O)ccc2N2CCCC(C)C2)cc1C. The summed E-state index contributed by atoms with van der Waals surface area (Å²) in [7, 11) is 1.69. The number of benzene rings is 2. The van der Waals surface area contributed by atoms with Crippen LogP contribution in [0.4, 0.5) is 17.1 Å². The lowest BCUT2D eigenvalue weighted by molar-refractivity contribution is 0.100. The zero-order valence-electron chi connectivity index (χ0n) is 16.6. The van der Waals surface area contributed by atoms with Crippen molar-refractivity contribution < 1.29 is 9.53 Å². The number of nitrogens with zero attached hydrogens (tertiary/aromatic N) is 1. The lowest BCUT2D eigenvalue weighted by atomic mass is 9.99. The number of nitrogens with one attached hydrogen (secondary N) is 1. The first-order chi connectivity index (χ1) is 12.9. The molecule has 1 unspecified atom stereocenters. The third-order valence-electron chi connectivity index (χ3n) is 5.22. The Morgan fingerprint density at radius 2 is 1.93 bits per heavy atom. The van der Waals surface area contributed by atoms with Gasteiger partial charge in [-0.05, 0) is 74.1 Å². The normalized spacial score (nSPS) is 16.9. The van der Waals surface area contributed by atoms with Gasteiger partial charge in [-0.25, -0.2) is 0 Å². The molecule has 3 N–H and O–H groups in total. The Labute approximate surface area is 161 Å². The lowest BCUT2D eigenvalue weighted by Gasteiger charge is -2.34. The lowest BCUT2D eigenvalue weighted by Crippen LogP contribution is -2.34. The monoisotopic (exact) mass is 367 g/mol. The number of carbonyl (C=O) groups is 1. The number of aryl methyl sites for hydroxylation is 2. The first-order valence-electron chi connectivity index (χ1n) is 9.50. The second-order valence-corrected chi connectivity index (χ2v) is 7.56. The van der Waals surface area contributed by atoms with Gasteiger partial charge in [-0.3, -0.25) is 4.79 Å². The molecule has 1 amide bonds. The molecule has 2 aromatic carbocycles. The predicted molar refractivity (Wildman–Crippen MR) is 111 cm³/mol. The van der Waals surface area contributed by atoms with E-state index in [-0.39, 0.29) is 0 Å². The van der Waals surface area contributed by atoms with Crippen LogP contribution in [0.5, 0.6) is 5.75 Å². The number of amides is 1. The van der Waals surface area contributed by atoms with Gasteiger partial charge in [-0.2, -0.15) is 0 Å². The van der Waals surface area contributed by atoms with Crippen LogP contribution >= 0.6 is 0 Å². The maximum absolute atomic E-state index is 11.7. The number of nitrogens with two attached hydrogens (primary N) is 1. The maximum Gasteiger partial charge on any atom is 0.248 e. The van der Waals surface area contributed by atoms with Gasteiger partial charge in [0.15, 0.2) is 0 Å². The minimum absolute atomic E-state index is 0.418. The zero-order valence-corrected chi connectivity index (χ0v) is 16.6. The molecule has 0 aromatic heterocycles. The summed E-state index contributed by atoms with van der Waals surface area (Å²) in [6.45, 7) is 8.39. The van der Waals surface area contributed by atoms with Crippen molar-refractivity contribution in [2.24, 2.45) is 11.7 Å². The van der Waals surface area contributed by atoms with E-state index >= 15 is 0 Å². The van der Waals surface area contributed by atoms with Gasteiger partial charge in [0.2, 0.25) is 5.91 Å². The smallest absolute Gasteiger partial charge is 0.248 e.